The number of benzene rings is 1. The summed E-state index contributed by atoms with van der Waals surface area (Å²) in [6, 6.07) is 6.84. The van der Waals surface area contributed by atoms with Crippen LogP contribution in [0.2, 0.25) is 0 Å². The van der Waals surface area contributed by atoms with Crippen LogP contribution >= 0.6 is 23.5 Å². The van der Waals surface area contributed by atoms with Crippen molar-refractivity contribution in [1.82, 2.24) is 9.55 Å². The van der Waals surface area contributed by atoms with Crippen molar-refractivity contribution in [3.63, 3.8) is 0 Å². The summed E-state index contributed by atoms with van der Waals surface area (Å²) in [6.45, 7) is 5.47. The van der Waals surface area contributed by atoms with Crippen LogP contribution in [0.15, 0.2) is 36.9 Å². The van der Waals surface area contributed by atoms with Gasteiger partial charge in [0.1, 0.15) is 0 Å². The van der Waals surface area contributed by atoms with Crippen LogP contribution in [0.5, 0.6) is 0 Å². The van der Waals surface area contributed by atoms with Gasteiger partial charge in [-0.05, 0) is 37.8 Å². The molecule has 2 nitrogen and oxygen atoms in total. The van der Waals surface area contributed by atoms with Crippen molar-refractivity contribution in [2.45, 2.75) is 37.3 Å². The Morgan fingerprint density at radius 2 is 2.05 bits per heavy atom. The summed E-state index contributed by atoms with van der Waals surface area (Å²) < 4.78 is 2.55. The molecule has 1 aromatic heterocycles. The predicted octanol–water partition coefficient (Wildman–Crippen LogP) is 4.31. The van der Waals surface area contributed by atoms with Crippen molar-refractivity contribution >= 4 is 23.5 Å². The Balaban J connectivity index is 1.70. The van der Waals surface area contributed by atoms with Gasteiger partial charge in [0, 0.05) is 30.4 Å². The summed E-state index contributed by atoms with van der Waals surface area (Å²) in [5.74, 6) is 2.54. The molecule has 0 amide bonds. The molecule has 0 bridgehead atoms. The molecule has 0 atom stereocenters. The van der Waals surface area contributed by atoms with Gasteiger partial charge in [0.15, 0.2) is 0 Å². The first-order valence-corrected chi connectivity index (χ1v) is 9.44. The Bertz CT molecular complexity index is 587. The molecule has 1 saturated heterocycles. The molecule has 112 valence electrons. The third kappa shape index (κ3) is 3.67. The molecule has 4 heteroatoms. The smallest absolute Gasteiger partial charge is 0.0946 e. The topological polar surface area (TPSA) is 17.8 Å². The van der Waals surface area contributed by atoms with Crippen LogP contribution in [0.25, 0.3) is 0 Å². The van der Waals surface area contributed by atoms with E-state index in [0.29, 0.717) is 4.08 Å². The van der Waals surface area contributed by atoms with E-state index in [9.17, 15) is 0 Å². The molecule has 1 aliphatic rings. The van der Waals surface area contributed by atoms with Gasteiger partial charge in [0.2, 0.25) is 0 Å². The molecule has 3 rings (SSSR count). The van der Waals surface area contributed by atoms with Gasteiger partial charge < -0.3 is 4.57 Å². The third-order valence-corrected chi connectivity index (χ3v) is 7.57. The van der Waals surface area contributed by atoms with Crippen LogP contribution < -0.4 is 0 Å². The average molecular weight is 319 g/mol. The largest absolute Gasteiger partial charge is 0.335 e. The molecular formula is C17H22N2S2. The summed E-state index contributed by atoms with van der Waals surface area (Å²) in [5, 5.41) is 0. The Hall–Kier alpha value is -0.870. The molecule has 1 fully saturated rings. The van der Waals surface area contributed by atoms with Gasteiger partial charge in [0.05, 0.1) is 10.4 Å². The fourth-order valence-electron chi connectivity index (χ4n) is 2.92. The van der Waals surface area contributed by atoms with Gasteiger partial charge in [-0.1, -0.05) is 23.8 Å². The monoisotopic (exact) mass is 318 g/mol. The van der Waals surface area contributed by atoms with Crippen molar-refractivity contribution in [1.29, 1.82) is 0 Å². The maximum Gasteiger partial charge on any atom is 0.0946 e. The van der Waals surface area contributed by atoms with Gasteiger partial charge in [0.25, 0.3) is 0 Å². The van der Waals surface area contributed by atoms with E-state index >= 15 is 0 Å². The minimum Gasteiger partial charge on any atom is -0.335 e. The molecule has 0 unspecified atom stereocenters. The Kier molecular flexibility index (Phi) is 4.65. The first-order chi connectivity index (χ1) is 10.2. The highest BCUT2D eigenvalue weighted by Crippen LogP contribution is 2.48. The Labute approximate surface area is 135 Å². The number of nitrogens with zero attached hydrogens (tertiary/aromatic N) is 2. The second kappa shape index (κ2) is 6.49. The van der Waals surface area contributed by atoms with Gasteiger partial charge in [-0.3, -0.25) is 0 Å². The number of rotatable bonds is 5. The molecule has 0 saturated carbocycles. The molecule has 2 heterocycles. The standard InChI is InChI=1S/C17H22N2S2/c1-14-3-4-16(15(2)11-14)5-6-17(20-9-10-21-17)12-19-8-7-18-13-19/h3-4,7-8,11,13H,5-6,9-10,12H2,1-2H3. The minimum absolute atomic E-state index is 0.317. The highest BCUT2D eigenvalue weighted by Gasteiger charge is 2.35. The number of aryl methyl sites for hydroxylation is 3. The van der Waals surface area contributed by atoms with E-state index in [0.717, 1.165) is 6.54 Å². The van der Waals surface area contributed by atoms with Crippen LogP contribution in [0.4, 0.5) is 0 Å². The molecule has 2 aromatic rings. The summed E-state index contributed by atoms with van der Waals surface area (Å²) in [4.78, 5) is 4.18. The lowest BCUT2D eigenvalue weighted by molar-refractivity contribution is 0.592. The van der Waals surface area contributed by atoms with Crippen molar-refractivity contribution in [3.8, 4) is 0 Å². The van der Waals surface area contributed by atoms with Crippen LogP contribution in [-0.4, -0.2) is 25.1 Å². The van der Waals surface area contributed by atoms with Gasteiger partial charge in [-0.2, -0.15) is 0 Å². The van der Waals surface area contributed by atoms with E-state index in [4.69, 9.17) is 0 Å². The quantitative estimate of drug-likeness (QED) is 0.818. The fraction of sp³-hybridized carbons (Fsp3) is 0.471. The van der Waals surface area contributed by atoms with Crippen molar-refractivity contribution in [2.24, 2.45) is 0 Å². The van der Waals surface area contributed by atoms with Gasteiger partial charge in [-0.15, -0.1) is 23.5 Å². The first kappa shape index (κ1) is 15.0. The van der Waals surface area contributed by atoms with Crippen molar-refractivity contribution < 1.29 is 0 Å². The number of hydrogen-bond donors (Lipinski definition) is 0. The highest BCUT2D eigenvalue weighted by atomic mass is 32.2. The van der Waals surface area contributed by atoms with Crippen LogP contribution in [0.3, 0.4) is 0 Å². The Morgan fingerprint density at radius 1 is 1.24 bits per heavy atom. The van der Waals surface area contributed by atoms with Crippen molar-refractivity contribution in [2.75, 3.05) is 11.5 Å². The minimum atomic E-state index is 0.317. The molecule has 1 aromatic carbocycles. The molecule has 0 spiro atoms. The number of aromatic nitrogens is 2. The second-order valence-electron chi connectivity index (χ2n) is 5.77. The maximum absolute atomic E-state index is 4.18. The molecule has 0 aliphatic carbocycles. The zero-order valence-corrected chi connectivity index (χ0v) is 14.3. The third-order valence-electron chi connectivity index (χ3n) is 4.07. The van der Waals surface area contributed by atoms with Gasteiger partial charge >= 0.3 is 0 Å². The highest BCUT2D eigenvalue weighted by molar-refractivity contribution is 8.21. The number of thioether (sulfide) groups is 2. The molecule has 0 radical (unpaired) electrons. The molecule has 1 aliphatic heterocycles. The average Bonchev–Trinajstić information content (AvgIpc) is 3.11. The normalized spacial score (nSPS) is 17.2. The second-order valence-corrected chi connectivity index (χ2v) is 8.99. The SMILES string of the molecule is Cc1ccc(CCC2(Cn3ccnc3)SCCS2)c(C)c1. The van der Waals surface area contributed by atoms with E-state index in [1.165, 1.54) is 41.0 Å². The van der Waals surface area contributed by atoms with Crippen LogP contribution in [-0.2, 0) is 13.0 Å². The maximum atomic E-state index is 4.18. The predicted molar refractivity (Wildman–Crippen MR) is 94.1 cm³/mol. The summed E-state index contributed by atoms with van der Waals surface area (Å²) in [7, 11) is 0. The molecule has 21 heavy (non-hydrogen) atoms. The lowest BCUT2D eigenvalue weighted by Gasteiger charge is -2.28. The molecule has 0 N–H and O–H groups in total. The van der Waals surface area contributed by atoms with E-state index < -0.39 is 0 Å². The lowest BCUT2D eigenvalue weighted by atomic mass is 10.0. The molecular weight excluding hydrogens is 296 g/mol. The fourth-order valence-corrected chi connectivity index (χ4v) is 6.14. The summed E-state index contributed by atoms with van der Waals surface area (Å²) in [5.41, 5.74) is 4.29. The Morgan fingerprint density at radius 3 is 2.71 bits per heavy atom. The zero-order chi connectivity index (χ0) is 14.7. The number of hydrogen-bond acceptors (Lipinski definition) is 3. The zero-order valence-electron chi connectivity index (χ0n) is 12.7. The van der Waals surface area contributed by atoms with Crippen LogP contribution in [0.1, 0.15) is 23.1 Å². The van der Waals surface area contributed by atoms with Gasteiger partial charge in [-0.25, -0.2) is 4.98 Å². The van der Waals surface area contributed by atoms with Crippen LogP contribution in [0, 0.1) is 13.8 Å². The summed E-state index contributed by atoms with van der Waals surface area (Å²) in [6.07, 6.45) is 8.30. The van der Waals surface area contributed by atoms with E-state index in [1.54, 1.807) is 0 Å². The van der Waals surface area contributed by atoms with E-state index in [1.807, 2.05) is 12.5 Å². The first-order valence-electron chi connectivity index (χ1n) is 7.47. The lowest BCUT2D eigenvalue weighted by Crippen LogP contribution is -2.25. The van der Waals surface area contributed by atoms with E-state index in [-0.39, 0.29) is 0 Å². The van der Waals surface area contributed by atoms with E-state index in [2.05, 4.69) is 71.3 Å². The number of imidazole rings is 1. The summed E-state index contributed by atoms with van der Waals surface area (Å²) >= 11 is 4.26. The van der Waals surface area contributed by atoms with Crippen molar-refractivity contribution in [3.05, 3.63) is 53.6 Å².